The first-order valence-corrected chi connectivity index (χ1v) is 11.0. The molecule has 1 heterocycles. The molecule has 27 heavy (non-hydrogen) atoms. The first-order valence-electron chi connectivity index (χ1n) is 8.91. The molecular formula is C21H22BrNO2S2. The Morgan fingerprint density at radius 2 is 1.89 bits per heavy atom. The van der Waals surface area contributed by atoms with E-state index in [2.05, 4.69) is 29.8 Å². The molecule has 0 saturated carbocycles. The fraction of sp³-hybridized carbons (Fsp3) is 0.333. The topological polar surface area (TPSA) is 29.5 Å². The Morgan fingerprint density at radius 3 is 2.59 bits per heavy atom. The second-order valence-corrected chi connectivity index (χ2v) is 9.69. The lowest BCUT2D eigenvalue weighted by atomic mass is 10.1. The van der Waals surface area contributed by atoms with Gasteiger partial charge >= 0.3 is 0 Å². The van der Waals surface area contributed by atoms with Crippen LogP contribution >= 0.6 is 39.9 Å². The van der Waals surface area contributed by atoms with E-state index in [4.69, 9.17) is 17.0 Å². The van der Waals surface area contributed by atoms with Crippen molar-refractivity contribution in [2.45, 2.75) is 32.1 Å². The van der Waals surface area contributed by atoms with Crippen molar-refractivity contribution in [1.82, 2.24) is 4.90 Å². The van der Waals surface area contributed by atoms with E-state index in [0.29, 0.717) is 29.8 Å². The van der Waals surface area contributed by atoms with Crippen LogP contribution in [0.3, 0.4) is 0 Å². The molecule has 6 heteroatoms. The van der Waals surface area contributed by atoms with Crippen molar-refractivity contribution in [1.29, 1.82) is 0 Å². The third kappa shape index (κ3) is 5.33. The van der Waals surface area contributed by atoms with Crippen LogP contribution in [0, 0.1) is 5.92 Å². The number of hydrogen-bond donors (Lipinski definition) is 0. The number of carbonyl (C=O) groups excluding carboxylic acids is 1. The lowest BCUT2D eigenvalue weighted by molar-refractivity contribution is -0.126. The lowest BCUT2D eigenvalue weighted by Gasteiger charge is -2.18. The molecule has 0 spiro atoms. The minimum absolute atomic E-state index is 0.112. The van der Waals surface area contributed by atoms with Gasteiger partial charge in [-0.1, -0.05) is 84.1 Å². The molecule has 0 unspecified atom stereocenters. The quantitative estimate of drug-likeness (QED) is 0.510. The first-order chi connectivity index (χ1) is 12.9. The number of thiocarbonyl (C=S) groups is 1. The van der Waals surface area contributed by atoms with Crippen LogP contribution < -0.4 is 4.74 Å². The summed E-state index contributed by atoms with van der Waals surface area (Å²) in [5.74, 6) is 1.33. The Kier molecular flexibility index (Phi) is 6.95. The van der Waals surface area contributed by atoms with Gasteiger partial charge in [-0.25, -0.2) is 0 Å². The van der Waals surface area contributed by atoms with Crippen molar-refractivity contribution < 1.29 is 9.53 Å². The van der Waals surface area contributed by atoms with Crippen LogP contribution in [-0.2, 0) is 17.8 Å². The summed E-state index contributed by atoms with van der Waals surface area (Å²) in [5, 5.41) is -0.173. The SMILES string of the molecule is CC(C)CN1C(=O)[C@H](Cc2ccccc2OCc2ccc(Br)cc2)SC1=S. The standard InChI is InChI=1S/C21H22BrNO2S2/c1-14(2)12-23-20(24)19(27-21(23)26)11-16-5-3-4-6-18(16)25-13-15-7-9-17(22)10-8-15/h3-10,14,19H,11-13H2,1-2H3/t19-/m0/s1. The molecule has 0 aromatic heterocycles. The molecule has 2 aromatic rings. The van der Waals surface area contributed by atoms with Crippen molar-refractivity contribution in [3.05, 3.63) is 64.1 Å². The molecule has 0 bridgehead atoms. The van der Waals surface area contributed by atoms with Crippen LogP contribution in [0.4, 0.5) is 0 Å². The second kappa shape index (κ2) is 9.22. The maximum absolute atomic E-state index is 12.8. The van der Waals surface area contributed by atoms with Crippen LogP contribution in [0.2, 0.25) is 0 Å². The molecule has 0 aliphatic carbocycles. The predicted octanol–water partition coefficient (Wildman–Crippen LogP) is 5.46. The third-order valence-electron chi connectivity index (χ3n) is 4.24. The van der Waals surface area contributed by atoms with Gasteiger partial charge in [-0.2, -0.15) is 0 Å². The van der Waals surface area contributed by atoms with Crippen molar-refractivity contribution >= 4 is 50.1 Å². The number of hydrogen-bond acceptors (Lipinski definition) is 4. The largest absolute Gasteiger partial charge is 0.489 e. The summed E-state index contributed by atoms with van der Waals surface area (Å²) in [4.78, 5) is 14.5. The summed E-state index contributed by atoms with van der Waals surface area (Å²) >= 11 is 10.4. The monoisotopic (exact) mass is 463 g/mol. The van der Waals surface area contributed by atoms with Gasteiger partial charge in [0.25, 0.3) is 0 Å². The Bertz CT molecular complexity index is 823. The number of amides is 1. The van der Waals surface area contributed by atoms with E-state index in [1.54, 1.807) is 4.90 Å². The van der Waals surface area contributed by atoms with Gasteiger partial charge in [0.15, 0.2) is 0 Å². The van der Waals surface area contributed by atoms with E-state index in [9.17, 15) is 4.79 Å². The smallest absolute Gasteiger partial charge is 0.241 e. The molecule has 3 rings (SSSR count). The molecule has 1 fully saturated rings. The Morgan fingerprint density at radius 1 is 1.19 bits per heavy atom. The van der Waals surface area contributed by atoms with Gasteiger partial charge in [0.1, 0.15) is 16.7 Å². The van der Waals surface area contributed by atoms with E-state index in [1.165, 1.54) is 11.8 Å². The number of benzene rings is 2. The zero-order chi connectivity index (χ0) is 19.4. The fourth-order valence-corrected chi connectivity index (χ4v) is 4.72. The van der Waals surface area contributed by atoms with E-state index >= 15 is 0 Å². The van der Waals surface area contributed by atoms with Crippen LogP contribution in [0.5, 0.6) is 5.75 Å². The number of nitrogens with zero attached hydrogens (tertiary/aromatic N) is 1. The van der Waals surface area contributed by atoms with Gasteiger partial charge < -0.3 is 4.74 Å². The number of carbonyl (C=O) groups is 1. The molecular weight excluding hydrogens is 442 g/mol. The minimum atomic E-state index is -0.173. The van der Waals surface area contributed by atoms with Crippen LogP contribution in [0.15, 0.2) is 53.0 Å². The number of ether oxygens (including phenoxy) is 1. The second-order valence-electron chi connectivity index (χ2n) is 6.94. The number of rotatable bonds is 7. The number of thioether (sulfide) groups is 1. The Balaban J connectivity index is 1.68. The van der Waals surface area contributed by atoms with Crippen LogP contribution in [0.25, 0.3) is 0 Å². The molecule has 0 N–H and O–H groups in total. The third-order valence-corrected chi connectivity index (χ3v) is 6.35. The highest BCUT2D eigenvalue weighted by Gasteiger charge is 2.37. The molecule has 1 amide bonds. The average Bonchev–Trinajstić information content (AvgIpc) is 2.89. The van der Waals surface area contributed by atoms with Crippen LogP contribution in [0.1, 0.15) is 25.0 Å². The van der Waals surface area contributed by atoms with Crippen LogP contribution in [-0.4, -0.2) is 26.9 Å². The summed E-state index contributed by atoms with van der Waals surface area (Å²) in [6.45, 7) is 5.37. The van der Waals surface area contributed by atoms with Crippen molar-refractivity contribution in [2.24, 2.45) is 5.92 Å². The molecule has 1 saturated heterocycles. The van der Waals surface area contributed by atoms with Gasteiger partial charge in [0.05, 0.1) is 5.25 Å². The molecule has 1 aliphatic rings. The maximum Gasteiger partial charge on any atom is 0.241 e. The van der Waals surface area contributed by atoms with E-state index < -0.39 is 0 Å². The van der Waals surface area contributed by atoms with Crippen molar-refractivity contribution in [2.75, 3.05) is 6.54 Å². The fourth-order valence-electron chi connectivity index (χ4n) is 2.91. The summed E-state index contributed by atoms with van der Waals surface area (Å²) in [6, 6.07) is 16.0. The number of halogens is 1. The zero-order valence-electron chi connectivity index (χ0n) is 15.4. The summed E-state index contributed by atoms with van der Waals surface area (Å²) < 4.78 is 7.78. The van der Waals surface area contributed by atoms with Crippen molar-refractivity contribution in [3.63, 3.8) is 0 Å². The predicted molar refractivity (Wildman–Crippen MR) is 119 cm³/mol. The molecule has 0 radical (unpaired) electrons. The maximum atomic E-state index is 12.8. The van der Waals surface area contributed by atoms with E-state index in [1.807, 2.05) is 48.5 Å². The molecule has 1 atom stereocenters. The lowest BCUT2D eigenvalue weighted by Crippen LogP contribution is -2.34. The number of para-hydroxylation sites is 1. The molecule has 1 aliphatic heterocycles. The molecule has 142 valence electrons. The summed E-state index contributed by atoms with van der Waals surface area (Å²) in [7, 11) is 0. The first kappa shape index (κ1) is 20.4. The molecule has 3 nitrogen and oxygen atoms in total. The summed E-state index contributed by atoms with van der Waals surface area (Å²) in [5.41, 5.74) is 2.14. The highest BCUT2D eigenvalue weighted by atomic mass is 79.9. The average molecular weight is 464 g/mol. The Labute approximate surface area is 178 Å². The van der Waals surface area contributed by atoms with Gasteiger partial charge in [-0.15, -0.1) is 0 Å². The van der Waals surface area contributed by atoms with Gasteiger partial charge in [-0.3, -0.25) is 9.69 Å². The highest BCUT2D eigenvalue weighted by molar-refractivity contribution is 9.10. The zero-order valence-corrected chi connectivity index (χ0v) is 18.6. The summed E-state index contributed by atoms with van der Waals surface area (Å²) in [6.07, 6.45) is 0.620. The minimum Gasteiger partial charge on any atom is -0.489 e. The normalized spacial score (nSPS) is 17.0. The Hall–Kier alpha value is -1.37. The van der Waals surface area contributed by atoms with Crippen molar-refractivity contribution in [3.8, 4) is 5.75 Å². The van der Waals surface area contributed by atoms with E-state index in [0.717, 1.165) is 21.3 Å². The van der Waals surface area contributed by atoms with Gasteiger partial charge in [0.2, 0.25) is 5.91 Å². The van der Waals surface area contributed by atoms with Gasteiger partial charge in [-0.05, 0) is 41.7 Å². The highest BCUT2D eigenvalue weighted by Crippen LogP contribution is 2.33. The molecule has 2 aromatic carbocycles. The van der Waals surface area contributed by atoms with E-state index in [-0.39, 0.29) is 11.2 Å². The van der Waals surface area contributed by atoms with Gasteiger partial charge in [0, 0.05) is 11.0 Å².